The number of thiazole rings is 1. The molecular weight excluding hydrogens is 507 g/mol. The third-order valence-corrected chi connectivity index (χ3v) is 6.64. The maximum Gasteiger partial charge on any atom is 0.255 e. The van der Waals surface area contributed by atoms with Gasteiger partial charge in [0.15, 0.2) is 0 Å². The lowest BCUT2D eigenvalue weighted by Gasteiger charge is -2.12. The van der Waals surface area contributed by atoms with Gasteiger partial charge in [-0.05, 0) is 65.3 Å². The third kappa shape index (κ3) is 4.32. The maximum absolute atomic E-state index is 12.8. The SMILES string of the molecule is CCOc1ccc(C(=O)Nc2cc(-c3nc4ccccc4s3)c(Cl)cc2Cl)cc1Br. The summed E-state index contributed by atoms with van der Waals surface area (Å²) < 4.78 is 7.25. The summed E-state index contributed by atoms with van der Waals surface area (Å²) in [6.45, 7) is 2.44. The van der Waals surface area contributed by atoms with E-state index in [0.717, 1.165) is 15.2 Å². The predicted octanol–water partition coefficient (Wildman–Crippen LogP) is 7.68. The van der Waals surface area contributed by atoms with Crippen LogP contribution in [0.1, 0.15) is 17.3 Å². The van der Waals surface area contributed by atoms with Crippen molar-refractivity contribution in [1.82, 2.24) is 4.98 Å². The van der Waals surface area contributed by atoms with E-state index in [4.69, 9.17) is 27.9 Å². The second-order valence-corrected chi connectivity index (χ2v) is 9.03. The number of benzene rings is 3. The number of carbonyl (C=O) groups is 1. The van der Waals surface area contributed by atoms with Gasteiger partial charge >= 0.3 is 0 Å². The van der Waals surface area contributed by atoms with Crippen molar-refractivity contribution in [3.63, 3.8) is 0 Å². The number of fused-ring (bicyclic) bond motifs is 1. The lowest BCUT2D eigenvalue weighted by molar-refractivity contribution is 0.102. The van der Waals surface area contributed by atoms with E-state index in [1.807, 2.05) is 31.2 Å². The minimum atomic E-state index is -0.293. The zero-order valence-corrected chi connectivity index (χ0v) is 19.6. The van der Waals surface area contributed by atoms with Crippen LogP contribution in [0, 0.1) is 0 Å². The van der Waals surface area contributed by atoms with Crippen molar-refractivity contribution in [2.24, 2.45) is 0 Å². The molecule has 152 valence electrons. The molecule has 8 heteroatoms. The lowest BCUT2D eigenvalue weighted by atomic mass is 10.1. The minimum absolute atomic E-state index is 0.293. The topological polar surface area (TPSA) is 51.2 Å². The quantitative estimate of drug-likeness (QED) is 0.293. The number of hydrogen-bond acceptors (Lipinski definition) is 4. The molecule has 4 nitrogen and oxygen atoms in total. The Balaban J connectivity index is 1.65. The highest BCUT2D eigenvalue weighted by Crippen LogP contribution is 2.39. The van der Waals surface area contributed by atoms with Crippen LogP contribution in [0.15, 0.2) is 59.1 Å². The van der Waals surface area contributed by atoms with Gasteiger partial charge in [-0.3, -0.25) is 4.79 Å². The van der Waals surface area contributed by atoms with E-state index in [1.165, 1.54) is 11.3 Å². The van der Waals surface area contributed by atoms with E-state index in [-0.39, 0.29) is 5.91 Å². The second kappa shape index (κ2) is 8.94. The molecule has 0 aliphatic heterocycles. The first kappa shape index (κ1) is 21.1. The molecule has 4 aromatic rings. The number of ether oxygens (including phenoxy) is 1. The summed E-state index contributed by atoms with van der Waals surface area (Å²) in [5, 5.41) is 4.45. The van der Waals surface area contributed by atoms with E-state index < -0.39 is 0 Å². The molecule has 1 aromatic heterocycles. The number of nitrogens with one attached hydrogen (secondary N) is 1. The van der Waals surface area contributed by atoms with Gasteiger partial charge in [0.1, 0.15) is 10.8 Å². The van der Waals surface area contributed by atoms with Crippen molar-refractivity contribution in [3.8, 4) is 16.3 Å². The number of aromatic nitrogens is 1. The second-order valence-electron chi connectivity index (χ2n) is 6.33. The molecule has 0 radical (unpaired) electrons. The van der Waals surface area contributed by atoms with Crippen molar-refractivity contribution in [2.75, 3.05) is 11.9 Å². The van der Waals surface area contributed by atoms with E-state index in [9.17, 15) is 4.79 Å². The lowest BCUT2D eigenvalue weighted by Crippen LogP contribution is -2.12. The summed E-state index contributed by atoms with van der Waals surface area (Å²) in [5.74, 6) is 0.384. The van der Waals surface area contributed by atoms with E-state index >= 15 is 0 Å². The molecule has 0 spiro atoms. The molecule has 0 bridgehead atoms. The highest BCUT2D eigenvalue weighted by atomic mass is 79.9. The number of para-hydroxylation sites is 1. The van der Waals surface area contributed by atoms with Gasteiger partial charge < -0.3 is 10.1 Å². The molecule has 30 heavy (non-hydrogen) atoms. The fourth-order valence-corrected chi connectivity index (χ4v) is 4.97. The zero-order valence-electron chi connectivity index (χ0n) is 15.7. The molecule has 0 atom stereocenters. The Morgan fingerprint density at radius 1 is 1.13 bits per heavy atom. The number of halogens is 3. The average molecular weight is 522 g/mol. The number of amides is 1. The summed E-state index contributed by atoms with van der Waals surface area (Å²) in [5.41, 5.74) is 2.54. The summed E-state index contributed by atoms with van der Waals surface area (Å²) in [6, 6.07) is 16.4. The number of nitrogens with zero attached hydrogens (tertiary/aromatic N) is 1. The molecule has 0 saturated carbocycles. The van der Waals surface area contributed by atoms with Gasteiger partial charge in [-0.2, -0.15) is 0 Å². The fraction of sp³-hybridized carbons (Fsp3) is 0.0909. The molecule has 0 unspecified atom stereocenters. The summed E-state index contributed by atoms with van der Waals surface area (Å²) in [7, 11) is 0. The largest absolute Gasteiger partial charge is 0.493 e. The van der Waals surface area contributed by atoms with Crippen LogP contribution in [0.5, 0.6) is 5.75 Å². The molecule has 4 rings (SSSR count). The number of hydrogen-bond donors (Lipinski definition) is 1. The monoisotopic (exact) mass is 520 g/mol. The van der Waals surface area contributed by atoms with Gasteiger partial charge in [0, 0.05) is 11.1 Å². The van der Waals surface area contributed by atoms with Gasteiger partial charge in [0.25, 0.3) is 5.91 Å². The first-order valence-electron chi connectivity index (χ1n) is 9.05. The van der Waals surface area contributed by atoms with Crippen LogP contribution >= 0.6 is 50.5 Å². The molecule has 1 amide bonds. The van der Waals surface area contributed by atoms with E-state index in [0.29, 0.717) is 43.7 Å². The van der Waals surface area contributed by atoms with Crippen LogP contribution in [0.2, 0.25) is 10.0 Å². The van der Waals surface area contributed by atoms with Crippen molar-refractivity contribution >= 4 is 72.3 Å². The average Bonchev–Trinajstić information content (AvgIpc) is 3.15. The van der Waals surface area contributed by atoms with Gasteiger partial charge in [-0.25, -0.2) is 4.98 Å². The first-order valence-corrected chi connectivity index (χ1v) is 11.4. The summed E-state index contributed by atoms with van der Waals surface area (Å²) in [6.07, 6.45) is 0. The number of rotatable bonds is 5. The van der Waals surface area contributed by atoms with Crippen LogP contribution in [-0.2, 0) is 0 Å². The van der Waals surface area contributed by atoms with Gasteiger partial charge in [-0.15, -0.1) is 11.3 Å². The van der Waals surface area contributed by atoms with Crippen LogP contribution in [-0.4, -0.2) is 17.5 Å². The Hall–Kier alpha value is -2.12. The zero-order chi connectivity index (χ0) is 21.3. The molecule has 1 N–H and O–H groups in total. The summed E-state index contributed by atoms with van der Waals surface area (Å²) in [4.78, 5) is 17.4. The van der Waals surface area contributed by atoms with Crippen molar-refractivity contribution in [2.45, 2.75) is 6.92 Å². The Bertz CT molecular complexity index is 1230. The van der Waals surface area contributed by atoms with Crippen molar-refractivity contribution in [1.29, 1.82) is 0 Å². The highest BCUT2D eigenvalue weighted by molar-refractivity contribution is 9.10. The molecule has 1 heterocycles. The predicted molar refractivity (Wildman–Crippen MR) is 128 cm³/mol. The van der Waals surface area contributed by atoms with Crippen LogP contribution in [0.3, 0.4) is 0 Å². The van der Waals surface area contributed by atoms with Gasteiger partial charge in [-0.1, -0.05) is 35.3 Å². The van der Waals surface area contributed by atoms with E-state index in [1.54, 1.807) is 30.3 Å². The number of carbonyl (C=O) groups excluding carboxylic acids is 1. The normalized spacial score (nSPS) is 10.9. The van der Waals surface area contributed by atoms with Crippen LogP contribution < -0.4 is 10.1 Å². The highest BCUT2D eigenvalue weighted by Gasteiger charge is 2.16. The Morgan fingerprint density at radius 3 is 2.67 bits per heavy atom. The van der Waals surface area contributed by atoms with Crippen LogP contribution in [0.4, 0.5) is 5.69 Å². The first-order chi connectivity index (χ1) is 14.5. The Morgan fingerprint density at radius 2 is 1.93 bits per heavy atom. The number of anilines is 1. The van der Waals surface area contributed by atoms with Crippen LogP contribution in [0.25, 0.3) is 20.8 Å². The third-order valence-electron chi connectivity index (χ3n) is 4.32. The van der Waals surface area contributed by atoms with Crippen molar-refractivity contribution < 1.29 is 9.53 Å². The van der Waals surface area contributed by atoms with E-state index in [2.05, 4.69) is 26.2 Å². The van der Waals surface area contributed by atoms with Crippen molar-refractivity contribution in [3.05, 3.63) is 74.7 Å². The van der Waals surface area contributed by atoms with Gasteiger partial charge in [0.2, 0.25) is 0 Å². The molecule has 0 aliphatic carbocycles. The van der Waals surface area contributed by atoms with Gasteiger partial charge in [0.05, 0.1) is 37.0 Å². The maximum atomic E-state index is 12.8. The Labute approximate surface area is 195 Å². The molecule has 0 aliphatic rings. The fourth-order valence-electron chi connectivity index (χ4n) is 2.91. The molecule has 0 saturated heterocycles. The molecule has 3 aromatic carbocycles. The molecular formula is C22H15BrCl2N2O2S. The smallest absolute Gasteiger partial charge is 0.255 e. The minimum Gasteiger partial charge on any atom is -0.493 e. The standard InChI is InChI=1S/C22H15BrCl2N2O2S/c1-2-29-19-8-7-12(9-14(19)23)21(28)26-18-10-13(15(24)11-16(18)25)22-27-17-5-3-4-6-20(17)30-22/h3-11H,2H2,1H3,(H,26,28). The summed E-state index contributed by atoms with van der Waals surface area (Å²) >= 11 is 17.7. The Kier molecular flexibility index (Phi) is 6.29. The molecule has 0 fully saturated rings.